The minimum Gasteiger partial charge on any atom is -0.343 e. The molecule has 0 fully saturated rings. The van der Waals surface area contributed by atoms with Crippen LogP contribution in [0.3, 0.4) is 0 Å². The van der Waals surface area contributed by atoms with Gasteiger partial charge in [-0.2, -0.15) is 0 Å². The van der Waals surface area contributed by atoms with Crippen molar-refractivity contribution < 1.29 is 9.59 Å². The standard InChI is InChI=1S/C17H16Cl2N2O2/c1-21(11-12-4-2-6-14(18)8-12)16(22)10-20-17(23)13-5-3-7-15(19)9-13/h2-9H,10-11H2,1H3,(H,20,23). The van der Waals surface area contributed by atoms with Crippen LogP contribution in [0.4, 0.5) is 0 Å². The summed E-state index contributed by atoms with van der Waals surface area (Å²) in [5.41, 5.74) is 1.34. The maximum absolute atomic E-state index is 12.1. The molecule has 0 heterocycles. The van der Waals surface area contributed by atoms with Crippen molar-refractivity contribution in [2.75, 3.05) is 13.6 Å². The molecule has 2 aromatic carbocycles. The molecular formula is C17H16Cl2N2O2. The maximum Gasteiger partial charge on any atom is 0.251 e. The van der Waals surface area contributed by atoms with E-state index in [-0.39, 0.29) is 18.4 Å². The fraction of sp³-hybridized carbons (Fsp3) is 0.176. The Kier molecular flexibility index (Phi) is 6.02. The first kappa shape index (κ1) is 17.3. The summed E-state index contributed by atoms with van der Waals surface area (Å²) in [4.78, 5) is 25.6. The minimum absolute atomic E-state index is 0.0809. The van der Waals surface area contributed by atoms with Gasteiger partial charge in [0.25, 0.3) is 5.91 Å². The highest BCUT2D eigenvalue weighted by atomic mass is 35.5. The average Bonchev–Trinajstić information content (AvgIpc) is 2.52. The molecule has 0 aromatic heterocycles. The van der Waals surface area contributed by atoms with Crippen LogP contribution < -0.4 is 5.32 Å². The van der Waals surface area contributed by atoms with E-state index >= 15 is 0 Å². The molecule has 120 valence electrons. The summed E-state index contributed by atoms with van der Waals surface area (Å²) in [6.45, 7) is 0.342. The van der Waals surface area contributed by atoms with Crippen molar-refractivity contribution in [3.63, 3.8) is 0 Å². The fourth-order valence-corrected chi connectivity index (χ4v) is 2.42. The molecule has 1 N–H and O–H groups in total. The molecule has 4 nitrogen and oxygen atoms in total. The van der Waals surface area contributed by atoms with E-state index in [1.807, 2.05) is 12.1 Å². The Morgan fingerprint density at radius 3 is 2.35 bits per heavy atom. The van der Waals surface area contributed by atoms with Crippen LogP contribution in [0.2, 0.25) is 10.0 Å². The Morgan fingerprint density at radius 1 is 1.04 bits per heavy atom. The van der Waals surface area contributed by atoms with Crippen LogP contribution in [0.1, 0.15) is 15.9 Å². The third-order valence-corrected chi connectivity index (χ3v) is 3.69. The fourth-order valence-electron chi connectivity index (χ4n) is 2.02. The number of hydrogen-bond acceptors (Lipinski definition) is 2. The van der Waals surface area contributed by atoms with Gasteiger partial charge in [-0.15, -0.1) is 0 Å². The summed E-state index contributed by atoms with van der Waals surface area (Å²) in [7, 11) is 1.68. The largest absolute Gasteiger partial charge is 0.343 e. The molecule has 0 unspecified atom stereocenters. The molecule has 2 aromatic rings. The first-order valence-corrected chi connectivity index (χ1v) is 7.73. The van der Waals surface area contributed by atoms with Crippen molar-refractivity contribution in [2.24, 2.45) is 0 Å². The highest BCUT2D eigenvalue weighted by Crippen LogP contribution is 2.12. The van der Waals surface area contributed by atoms with E-state index < -0.39 is 0 Å². The third kappa shape index (κ3) is 5.27. The Hall–Kier alpha value is -2.04. The Labute approximate surface area is 145 Å². The smallest absolute Gasteiger partial charge is 0.251 e. The molecular weight excluding hydrogens is 335 g/mol. The highest BCUT2D eigenvalue weighted by Gasteiger charge is 2.12. The zero-order chi connectivity index (χ0) is 16.8. The van der Waals surface area contributed by atoms with E-state index in [1.54, 1.807) is 43.4 Å². The first-order valence-electron chi connectivity index (χ1n) is 6.98. The lowest BCUT2D eigenvalue weighted by Crippen LogP contribution is -2.37. The Bertz CT molecular complexity index is 719. The van der Waals surface area contributed by atoms with Gasteiger partial charge in [0.15, 0.2) is 0 Å². The highest BCUT2D eigenvalue weighted by molar-refractivity contribution is 6.31. The number of likely N-dealkylation sites (N-methyl/N-ethyl adjacent to an activating group) is 1. The van der Waals surface area contributed by atoms with Crippen LogP contribution in [0, 0.1) is 0 Å². The van der Waals surface area contributed by atoms with Crippen molar-refractivity contribution in [3.8, 4) is 0 Å². The number of amides is 2. The van der Waals surface area contributed by atoms with E-state index in [0.717, 1.165) is 5.56 Å². The van der Waals surface area contributed by atoms with Gasteiger partial charge < -0.3 is 10.2 Å². The van der Waals surface area contributed by atoms with Gasteiger partial charge in [0, 0.05) is 29.2 Å². The molecule has 0 radical (unpaired) electrons. The molecule has 0 spiro atoms. The van der Waals surface area contributed by atoms with Crippen molar-refractivity contribution in [1.82, 2.24) is 10.2 Å². The van der Waals surface area contributed by atoms with Crippen LogP contribution in [0.25, 0.3) is 0 Å². The topological polar surface area (TPSA) is 49.4 Å². The molecule has 2 rings (SSSR count). The first-order chi connectivity index (χ1) is 11.0. The lowest BCUT2D eigenvalue weighted by molar-refractivity contribution is -0.129. The quantitative estimate of drug-likeness (QED) is 0.898. The Balaban J connectivity index is 1.87. The summed E-state index contributed by atoms with van der Waals surface area (Å²) >= 11 is 11.8. The van der Waals surface area contributed by atoms with E-state index in [4.69, 9.17) is 23.2 Å². The SMILES string of the molecule is CN(Cc1cccc(Cl)c1)C(=O)CNC(=O)c1cccc(Cl)c1. The number of nitrogens with zero attached hydrogens (tertiary/aromatic N) is 1. The van der Waals surface area contributed by atoms with Crippen molar-refractivity contribution in [1.29, 1.82) is 0 Å². The second-order valence-corrected chi connectivity index (χ2v) is 5.95. The Morgan fingerprint density at radius 2 is 1.70 bits per heavy atom. The average molecular weight is 351 g/mol. The molecule has 0 atom stereocenters. The summed E-state index contributed by atoms with van der Waals surface area (Å²) < 4.78 is 0. The summed E-state index contributed by atoms with van der Waals surface area (Å²) in [5.74, 6) is -0.530. The number of carbonyl (C=O) groups excluding carboxylic acids is 2. The lowest BCUT2D eigenvalue weighted by Gasteiger charge is -2.17. The zero-order valence-electron chi connectivity index (χ0n) is 12.6. The normalized spacial score (nSPS) is 10.2. The van der Waals surface area contributed by atoms with Gasteiger partial charge >= 0.3 is 0 Å². The number of halogens is 2. The van der Waals surface area contributed by atoms with E-state index in [9.17, 15) is 9.59 Å². The van der Waals surface area contributed by atoms with Crippen LogP contribution >= 0.6 is 23.2 Å². The summed E-state index contributed by atoms with van der Waals surface area (Å²) in [6, 6.07) is 13.9. The predicted molar refractivity (Wildman–Crippen MR) is 91.7 cm³/mol. The van der Waals surface area contributed by atoms with Crippen molar-refractivity contribution >= 4 is 35.0 Å². The van der Waals surface area contributed by atoms with E-state index in [2.05, 4.69) is 5.32 Å². The molecule has 0 aliphatic heterocycles. The summed E-state index contributed by atoms with van der Waals surface area (Å²) in [6.07, 6.45) is 0. The van der Waals surface area contributed by atoms with Crippen LogP contribution in [0.5, 0.6) is 0 Å². The van der Waals surface area contributed by atoms with Crippen LogP contribution in [0.15, 0.2) is 48.5 Å². The molecule has 23 heavy (non-hydrogen) atoms. The molecule has 0 aliphatic rings. The van der Waals surface area contributed by atoms with Crippen LogP contribution in [-0.2, 0) is 11.3 Å². The third-order valence-electron chi connectivity index (χ3n) is 3.22. The number of hydrogen-bond donors (Lipinski definition) is 1. The second-order valence-electron chi connectivity index (χ2n) is 5.07. The molecule has 6 heteroatoms. The zero-order valence-corrected chi connectivity index (χ0v) is 14.1. The van der Waals surface area contributed by atoms with Crippen LogP contribution in [-0.4, -0.2) is 30.3 Å². The van der Waals surface area contributed by atoms with Crippen molar-refractivity contribution in [3.05, 3.63) is 69.7 Å². The second kappa shape index (κ2) is 7.99. The minimum atomic E-state index is -0.336. The lowest BCUT2D eigenvalue weighted by atomic mass is 10.2. The maximum atomic E-state index is 12.1. The molecule has 0 saturated heterocycles. The van der Waals surface area contributed by atoms with Gasteiger partial charge in [-0.05, 0) is 35.9 Å². The molecule has 0 bridgehead atoms. The predicted octanol–water partition coefficient (Wildman–Crippen LogP) is 3.38. The number of nitrogens with one attached hydrogen (secondary N) is 1. The molecule has 2 amide bonds. The van der Waals surface area contributed by atoms with Gasteiger partial charge in [0.1, 0.15) is 0 Å². The number of rotatable bonds is 5. The van der Waals surface area contributed by atoms with Crippen molar-refractivity contribution in [2.45, 2.75) is 6.54 Å². The van der Waals surface area contributed by atoms with Gasteiger partial charge in [-0.25, -0.2) is 0 Å². The van der Waals surface area contributed by atoms with Gasteiger partial charge in [0.05, 0.1) is 6.54 Å². The van der Waals surface area contributed by atoms with Gasteiger partial charge in [-0.3, -0.25) is 9.59 Å². The number of carbonyl (C=O) groups is 2. The van der Waals surface area contributed by atoms with E-state index in [1.165, 1.54) is 4.90 Å². The molecule has 0 aliphatic carbocycles. The van der Waals surface area contributed by atoms with Gasteiger partial charge in [0.2, 0.25) is 5.91 Å². The van der Waals surface area contributed by atoms with Gasteiger partial charge in [-0.1, -0.05) is 41.4 Å². The molecule has 0 saturated carbocycles. The number of benzene rings is 2. The summed E-state index contributed by atoms with van der Waals surface area (Å²) in [5, 5.41) is 3.69. The van der Waals surface area contributed by atoms with E-state index in [0.29, 0.717) is 22.2 Å². The monoisotopic (exact) mass is 350 g/mol.